The molecule has 3 aromatic rings. The van der Waals surface area contributed by atoms with Gasteiger partial charge in [0, 0.05) is 12.8 Å². The highest BCUT2D eigenvalue weighted by Gasteiger charge is 2.51. The lowest BCUT2D eigenvalue weighted by Gasteiger charge is -2.25. The number of hydrogen-bond donors (Lipinski definition) is 5. The van der Waals surface area contributed by atoms with Gasteiger partial charge in [-0.3, -0.25) is 24.0 Å². The molecule has 12 heteroatoms. The monoisotopic (exact) mass is 655 g/mol. The van der Waals surface area contributed by atoms with Crippen molar-refractivity contribution in [3.63, 3.8) is 0 Å². The molecule has 5 N–H and O–H groups in total. The number of carbonyl (C=O) groups excluding carboxylic acids is 5. The normalized spacial score (nSPS) is 21.6. The standard InChI is InChI=1S/C36H41N5O7/c1-24-32(43)40-30(20-25-8-4-2-5-9-25)34(45)41-36(16-17-36)35(46)37-18-19-48-28-14-12-26(13-15-28)21-29(33(44)38-24)39-31(42)23-47-22-27-10-6-3-7-11-27/h2-15,24,29-30H,16-23H2,1H3,(H,37,46)(H,38,44)(H,39,42)(H,40,43)(H,41,45)/t24-,29-,30+/m0/s1. The van der Waals surface area contributed by atoms with E-state index in [2.05, 4.69) is 26.6 Å². The van der Waals surface area contributed by atoms with Crippen molar-refractivity contribution in [3.8, 4) is 5.75 Å². The molecule has 252 valence electrons. The average molecular weight is 656 g/mol. The molecule has 3 aliphatic rings. The summed E-state index contributed by atoms with van der Waals surface area (Å²) in [5.41, 5.74) is 1.39. The number of benzene rings is 3. The van der Waals surface area contributed by atoms with Crippen molar-refractivity contribution in [2.45, 2.75) is 62.9 Å². The van der Waals surface area contributed by atoms with E-state index >= 15 is 0 Å². The second-order valence-corrected chi connectivity index (χ2v) is 12.1. The van der Waals surface area contributed by atoms with Crippen molar-refractivity contribution in [1.29, 1.82) is 0 Å². The van der Waals surface area contributed by atoms with Crippen LogP contribution in [0.1, 0.15) is 36.5 Å². The molecule has 3 aromatic carbocycles. The maximum atomic E-state index is 13.6. The number of amides is 5. The highest BCUT2D eigenvalue weighted by atomic mass is 16.5. The molecule has 6 rings (SSSR count). The van der Waals surface area contributed by atoms with E-state index in [0.717, 1.165) is 16.7 Å². The quantitative estimate of drug-likeness (QED) is 0.240. The number of fused-ring (bicyclic) bond motifs is 15. The highest BCUT2D eigenvalue weighted by molar-refractivity contribution is 5.98. The van der Waals surface area contributed by atoms with E-state index in [4.69, 9.17) is 9.47 Å². The molecule has 0 unspecified atom stereocenters. The summed E-state index contributed by atoms with van der Waals surface area (Å²) in [4.78, 5) is 66.4. The number of hydrogen-bond acceptors (Lipinski definition) is 7. The van der Waals surface area contributed by atoms with Crippen LogP contribution in [0.2, 0.25) is 0 Å². The zero-order valence-corrected chi connectivity index (χ0v) is 26.8. The van der Waals surface area contributed by atoms with Crippen molar-refractivity contribution < 1.29 is 33.4 Å². The van der Waals surface area contributed by atoms with Crippen LogP contribution >= 0.6 is 0 Å². The zero-order chi connectivity index (χ0) is 33.9. The summed E-state index contributed by atoms with van der Waals surface area (Å²) in [5, 5.41) is 13.9. The van der Waals surface area contributed by atoms with Gasteiger partial charge in [0.1, 0.15) is 42.6 Å². The first-order valence-corrected chi connectivity index (χ1v) is 16.1. The van der Waals surface area contributed by atoms with E-state index in [1.165, 1.54) is 6.92 Å². The van der Waals surface area contributed by atoms with Gasteiger partial charge in [-0.25, -0.2) is 0 Å². The van der Waals surface area contributed by atoms with Crippen molar-refractivity contribution in [3.05, 3.63) is 102 Å². The molecule has 2 aliphatic heterocycles. The van der Waals surface area contributed by atoms with Gasteiger partial charge in [-0.1, -0.05) is 72.8 Å². The Morgan fingerprint density at radius 1 is 0.854 bits per heavy atom. The first kappa shape index (κ1) is 34.1. The van der Waals surface area contributed by atoms with E-state index in [9.17, 15) is 24.0 Å². The molecule has 1 saturated carbocycles. The maximum absolute atomic E-state index is 13.6. The van der Waals surface area contributed by atoms with Crippen molar-refractivity contribution in [2.24, 2.45) is 0 Å². The van der Waals surface area contributed by atoms with Crippen molar-refractivity contribution in [2.75, 3.05) is 19.8 Å². The lowest BCUT2D eigenvalue weighted by atomic mass is 10.0. The van der Waals surface area contributed by atoms with Crippen LogP contribution < -0.4 is 31.3 Å². The van der Waals surface area contributed by atoms with Crippen LogP contribution in [0.3, 0.4) is 0 Å². The predicted molar refractivity (Wildman–Crippen MR) is 176 cm³/mol. The van der Waals surface area contributed by atoms with Crippen LogP contribution in [0, 0.1) is 0 Å². The summed E-state index contributed by atoms with van der Waals surface area (Å²) in [5.74, 6) is -1.93. The van der Waals surface area contributed by atoms with Crippen LogP contribution in [0.25, 0.3) is 0 Å². The first-order valence-electron chi connectivity index (χ1n) is 16.1. The fourth-order valence-electron chi connectivity index (χ4n) is 5.33. The largest absolute Gasteiger partial charge is 0.492 e. The molecule has 1 spiro atoms. The molecule has 3 atom stereocenters. The SMILES string of the molecule is C[C@@H]1NC(=O)[C@@H](NC(=O)COCc2ccccc2)Cc2ccc(cc2)OCCNC(=O)C2(CC2)NC(=O)[C@@H](Cc2ccccc2)NC1=O. The molecule has 2 heterocycles. The molecular formula is C36H41N5O7. The first-order chi connectivity index (χ1) is 23.2. The van der Waals surface area contributed by atoms with Gasteiger partial charge in [0.2, 0.25) is 29.5 Å². The van der Waals surface area contributed by atoms with E-state index in [0.29, 0.717) is 18.6 Å². The Morgan fingerprint density at radius 3 is 2.19 bits per heavy atom. The Labute approximate surface area is 279 Å². The number of rotatable bonds is 7. The Bertz CT molecular complexity index is 1580. The van der Waals surface area contributed by atoms with Crippen LogP contribution in [0.15, 0.2) is 84.9 Å². The van der Waals surface area contributed by atoms with Gasteiger partial charge >= 0.3 is 0 Å². The van der Waals surface area contributed by atoms with Crippen LogP contribution in [0.5, 0.6) is 5.75 Å². The third-order valence-electron chi connectivity index (χ3n) is 8.23. The number of nitrogens with one attached hydrogen (secondary N) is 5. The molecule has 1 aliphatic carbocycles. The van der Waals surface area contributed by atoms with Gasteiger partial charge in [-0.2, -0.15) is 0 Å². The average Bonchev–Trinajstić information content (AvgIpc) is 3.87. The van der Waals surface area contributed by atoms with Gasteiger partial charge < -0.3 is 36.1 Å². The summed E-state index contributed by atoms with van der Waals surface area (Å²) in [6.45, 7) is 1.88. The third kappa shape index (κ3) is 9.64. The fraction of sp³-hybridized carbons (Fsp3) is 0.361. The number of carbonyl (C=O) groups is 5. The molecule has 2 bridgehead atoms. The maximum Gasteiger partial charge on any atom is 0.246 e. The minimum Gasteiger partial charge on any atom is -0.492 e. The molecule has 48 heavy (non-hydrogen) atoms. The van der Waals surface area contributed by atoms with E-state index in [-0.39, 0.29) is 45.1 Å². The molecule has 0 aromatic heterocycles. The predicted octanol–water partition coefficient (Wildman–Crippen LogP) is 1.32. The summed E-state index contributed by atoms with van der Waals surface area (Å²) in [7, 11) is 0. The van der Waals surface area contributed by atoms with Crippen molar-refractivity contribution >= 4 is 29.5 Å². The number of ether oxygens (including phenoxy) is 2. The van der Waals surface area contributed by atoms with Crippen LogP contribution in [-0.4, -0.2) is 73.0 Å². The van der Waals surface area contributed by atoms with E-state index < -0.39 is 47.3 Å². The zero-order valence-electron chi connectivity index (χ0n) is 26.8. The molecule has 5 amide bonds. The fourth-order valence-corrected chi connectivity index (χ4v) is 5.33. The van der Waals surface area contributed by atoms with Gasteiger partial charge in [0.15, 0.2) is 0 Å². The molecule has 0 saturated heterocycles. The minimum atomic E-state index is -1.06. The van der Waals surface area contributed by atoms with E-state index in [1.54, 1.807) is 24.3 Å². The molecular weight excluding hydrogens is 614 g/mol. The lowest BCUT2D eigenvalue weighted by Crippen LogP contribution is -2.59. The topological polar surface area (TPSA) is 164 Å². The molecule has 12 nitrogen and oxygen atoms in total. The Morgan fingerprint density at radius 2 is 1.52 bits per heavy atom. The third-order valence-corrected chi connectivity index (χ3v) is 8.23. The second-order valence-electron chi connectivity index (χ2n) is 12.1. The minimum absolute atomic E-state index is 0.127. The lowest BCUT2D eigenvalue weighted by molar-refractivity contribution is -0.135. The summed E-state index contributed by atoms with van der Waals surface area (Å²) in [6, 6.07) is 22.5. The van der Waals surface area contributed by atoms with Crippen LogP contribution in [0.4, 0.5) is 0 Å². The van der Waals surface area contributed by atoms with Gasteiger partial charge in [-0.05, 0) is 48.6 Å². The Kier molecular flexibility index (Phi) is 11.4. The van der Waals surface area contributed by atoms with Gasteiger partial charge in [-0.15, -0.1) is 0 Å². The summed E-state index contributed by atoms with van der Waals surface area (Å²) >= 11 is 0. The molecule has 0 radical (unpaired) electrons. The molecule has 1 fully saturated rings. The summed E-state index contributed by atoms with van der Waals surface area (Å²) < 4.78 is 11.3. The second kappa shape index (κ2) is 16.1. The van der Waals surface area contributed by atoms with Gasteiger partial charge in [0.25, 0.3) is 0 Å². The highest BCUT2D eigenvalue weighted by Crippen LogP contribution is 2.35. The van der Waals surface area contributed by atoms with Crippen LogP contribution in [-0.2, 0) is 48.2 Å². The van der Waals surface area contributed by atoms with E-state index in [1.807, 2.05) is 60.7 Å². The Balaban J connectivity index is 1.32. The summed E-state index contributed by atoms with van der Waals surface area (Å²) in [6.07, 6.45) is 1.23. The van der Waals surface area contributed by atoms with Crippen molar-refractivity contribution in [1.82, 2.24) is 26.6 Å². The Hall–Kier alpha value is -5.23. The smallest absolute Gasteiger partial charge is 0.246 e. The van der Waals surface area contributed by atoms with Gasteiger partial charge in [0.05, 0.1) is 13.2 Å².